The molecule has 0 aliphatic heterocycles. The van der Waals surface area contributed by atoms with Crippen LogP contribution in [0.2, 0.25) is 0 Å². The number of anilines is 2. The molecule has 1 aliphatic carbocycles. The summed E-state index contributed by atoms with van der Waals surface area (Å²) in [6, 6.07) is 3.94. The van der Waals surface area contributed by atoms with Crippen molar-refractivity contribution in [2.24, 2.45) is 5.92 Å². The lowest BCUT2D eigenvalue weighted by Crippen LogP contribution is -2.17. The Morgan fingerprint density at radius 1 is 1.10 bits per heavy atom. The maximum atomic E-state index is 12.4. The fourth-order valence-corrected chi connectivity index (χ4v) is 5.43. The Balaban J connectivity index is 1.34. The minimum Gasteiger partial charge on any atom is -0.351 e. The molecule has 0 bridgehead atoms. The first kappa shape index (κ1) is 21.6. The van der Waals surface area contributed by atoms with Crippen molar-refractivity contribution in [1.29, 1.82) is 0 Å². The molecular formula is C20H21N5O3S3. The number of nitrogens with zero attached hydrogens (tertiary/aromatic N) is 2. The number of aromatic nitrogens is 2. The normalized spacial score (nSPS) is 13.1. The second-order valence-corrected chi connectivity index (χ2v) is 10.5. The summed E-state index contributed by atoms with van der Waals surface area (Å²) in [5.41, 5.74) is 1.45. The third-order valence-electron chi connectivity index (χ3n) is 4.52. The molecule has 11 heteroatoms. The molecule has 0 saturated heterocycles. The molecule has 0 aromatic carbocycles. The Bertz CT molecular complexity index is 1130. The van der Waals surface area contributed by atoms with Crippen LogP contribution in [0.5, 0.6) is 0 Å². The van der Waals surface area contributed by atoms with Gasteiger partial charge in [0.05, 0.1) is 29.2 Å². The van der Waals surface area contributed by atoms with Crippen LogP contribution in [0.4, 0.5) is 10.3 Å². The summed E-state index contributed by atoms with van der Waals surface area (Å²) < 4.78 is 0. The predicted octanol–water partition coefficient (Wildman–Crippen LogP) is 3.80. The van der Waals surface area contributed by atoms with Crippen molar-refractivity contribution in [2.75, 3.05) is 10.6 Å². The van der Waals surface area contributed by atoms with Gasteiger partial charge in [-0.05, 0) is 31.9 Å². The SMILES string of the molecule is CC(=O)NCc1ccc(-c2nc(NC(=O)Cc3csc(NC(=O)C4CC4)n3)sc2C)s1. The van der Waals surface area contributed by atoms with Gasteiger partial charge in [0.25, 0.3) is 0 Å². The number of amides is 3. The summed E-state index contributed by atoms with van der Waals surface area (Å²) >= 11 is 4.31. The van der Waals surface area contributed by atoms with E-state index in [1.165, 1.54) is 29.6 Å². The zero-order chi connectivity index (χ0) is 22.0. The van der Waals surface area contributed by atoms with Gasteiger partial charge in [-0.15, -0.1) is 34.0 Å². The lowest BCUT2D eigenvalue weighted by molar-refractivity contribution is -0.119. The number of carbonyl (C=O) groups excluding carboxylic acids is 3. The highest BCUT2D eigenvalue weighted by atomic mass is 32.1. The van der Waals surface area contributed by atoms with Crippen LogP contribution in [0.25, 0.3) is 10.6 Å². The fraction of sp³-hybridized carbons (Fsp3) is 0.350. The maximum Gasteiger partial charge on any atom is 0.232 e. The maximum absolute atomic E-state index is 12.4. The summed E-state index contributed by atoms with van der Waals surface area (Å²) in [5, 5.41) is 11.3. The number of thiophene rings is 1. The number of nitrogens with one attached hydrogen (secondary N) is 3. The summed E-state index contributed by atoms with van der Waals surface area (Å²) in [7, 11) is 0. The zero-order valence-electron chi connectivity index (χ0n) is 17.0. The number of hydrogen-bond acceptors (Lipinski definition) is 8. The van der Waals surface area contributed by atoms with Gasteiger partial charge >= 0.3 is 0 Å². The molecule has 0 atom stereocenters. The van der Waals surface area contributed by atoms with E-state index in [4.69, 9.17) is 0 Å². The molecule has 0 radical (unpaired) electrons. The number of rotatable bonds is 8. The first-order valence-electron chi connectivity index (χ1n) is 9.73. The number of thiazole rings is 2. The van der Waals surface area contributed by atoms with E-state index in [1.807, 2.05) is 19.1 Å². The van der Waals surface area contributed by atoms with Crippen LogP contribution in [0, 0.1) is 12.8 Å². The van der Waals surface area contributed by atoms with E-state index in [9.17, 15) is 14.4 Å². The van der Waals surface area contributed by atoms with E-state index in [1.54, 1.807) is 16.7 Å². The van der Waals surface area contributed by atoms with E-state index in [0.29, 0.717) is 22.5 Å². The highest BCUT2D eigenvalue weighted by molar-refractivity contribution is 7.18. The Labute approximate surface area is 191 Å². The van der Waals surface area contributed by atoms with E-state index < -0.39 is 0 Å². The molecule has 3 heterocycles. The van der Waals surface area contributed by atoms with Crippen molar-refractivity contribution in [3.63, 3.8) is 0 Å². The van der Waals surface area contributed by atoms with Crippen molar-refractivity contribution in [3.8, 4) is 10.6 Å². The van der Waals surface area contributed by atoms with Crippen molar-refractivity contribution >= 4 is 62.0 Å². The van der Waals surface area contributed by atoms with Gasteiger partial charge in [-0.2, -0.15) is 0 Å². The van der Waals surface area contributed by atoms with Crippen molar-refractivity contribution < 1.29 is 14.4 Å². The highest BCUT2D eigenvalue weighted by Crippen LogP contribution is 2.35. The smallest absolute Gasteiger partial charge is 0.232 e. The molecule has 0 spiro atoms. The molecule has 162 valence electrons. The topological polar surface area (TPSA) is 113 Å². The van der Waals surface area contributed by atoms with Crippen LogP contribution in [-0.4, -0.2) is 27.7 Å². The van der Waals surface area contributed by atoms with Gasteiger partial charge in [-0.1, -0.05) is 0 Å². The first-order valence-corrected chi connectivity index (χ1v) is 12.2. The lowest BCUT2D eigenvalue weighted by Gasteiger charge is -2.00. The molecule has 3 amide bonds. The molecule has 1 fully saturated rings. The minimum absolute atomic E-state index is 0.00458. The molecule has 3 aromatic heterocycles. The van der Waals surface area contributed by atoms with Gasteiger partial charge < -0.3 is 16.0 Å². The van der Waals surface area contributed by atoms with Crippen LogP contribution in [0.15, 0.2) is 17.5 Å². The van der Waals surface area contributed by atoms with Crippen molar-refractivity contribution in [1.82, 2.24) is 15.3 Å². The fourth-order valence-electron chi connectivity index (χ4n) is 2.82. The van der Waals surface area contributed by atoms with E-state index >= 15 is 0 Å². The molecule has 8 nitrogen and oxygen atoms in total. The first-order chi connectivity index (χ1) is 14.9. The van der Waals surface area contributed by atoms with Gasteiger partial charge in [-0.25, -0.2) is 9.97 Å². The Morgan fingerprint density at radius 3 is 2.65 bits per heavy atom. The van der Waals surface area contributed by atoms with Gasteiger partial charge in [0.15, 0.2) is 10.3 Å². The third kappa shape index (κ3) is 5.75. The Kier molecular flexibility index (Phi) is 6.44. The van der Waals surface area contributed by atoms with Crippen molar-refractivity contribution in [3.05, 3.63) is 33.0 Å². The highest BCUT2D eigenvalue weighted by Gasteiger charge is 2.30. The van der Waals surface area contributed by atoms with Crippen LogP contribution in [-0.2, 0) is 27.3 Å². The Hall–Kier alpha value is -2.63. The predicted molar refractivity (Wildman–Crippen MR) is 123 cm³/mol. The average Bonchev–Trinajstić information content (AvgIpc) is 3.13. The van der Waals surface area contributed by atoms with Gasteiger partial charge in [-0.3, -0.25) is 14.4 Å². The minimum atomic E-state index is -0.205. The molecule has 1 saturated carbocycles. The van der Waals surface area contributed by atoms with Crippen LogP contribution in [0.3, 0.4) is 0 Å². The van der Waals surface area contributed by atoms with Gasteiger partial charge in [0, 0.05) is 28.0 Å². The molecule has 0 unspecified atom stereocenters. The average molecular weight is 476 g/mol. The summed E-state index contributed by atoms with van der Waals surface area (Å²) in [6.07, 6.45) is 1.98. The van der Waals surface area contributed by atoms with Crippen molar-refractivity contribution in [2.45, 2.75) is 39.7 Å². The molecular weight excluding hydrogens is 454 g/mol. The monoisotopic (exact) mass is 475 g/mol. The largest absolute Gasteiger partial charge is 0.351 e. The molecule has 3 aromatic rings. The standard InChI is InChI=1S/C20H21N5O3S3/c1-10-17(15-6-5-14(31-15)8-21-11(2)26)24-20(30-10)23-16(27)7-13-9-29-19(22-13)25-18(28)12-3-4-12/h5-6,9,12H,3-4,7-8H2,1-2H3,(H,21,26)(H,22,25,28)(H,23,24,27). The molecule has 31 heavy (non-hydrogen) atoms. The summed E-state index contributed by atoms with van der Waals surface area (Å²) in [5.74, 6) is -0.154. The summed E-state index contributed by atoms with van der Waals surface area (Å²) in [4.78, 5) is 47.3. The van der Waals surface area contributed by atoms with E-state index in [-0.39, 0.29) is 30.1 Å². The van der Waals surface area contributed by atoms with E-state index in [2.05, 4.69) is 25.9 Å². The second-order valence-electron chi connectivity index (χ2n) is 7.23. The Morgan fingerprint density at radius 2 is 1.90 bits per heavy atom. The number of carbonyl (C=O) groups is 3. The number of hydrogen-bond donors (Lipinski definition) is 3. The quantitative estimate of drug-likeness (QED) is 0.459. The van der Waals surface area contributed by atoms with Crippen LogP contribution < -0.4 is 16.0 Å². The van der Waals surface area contributed by atoms with Gasteiger partial charge in [0.1, 0.15) is 0 Å². The van der Waals surface area contributed by atoms with E-state index in [0.717, 1.165) is 33.2 Å². The van der Waals surface area contributed by atoms with Crippen LogP contribution in [0.1, 0.15) is 35.2 Å². The van der Waals surface area contributed by atoms with Crippen LogP contribution >= 0.6 is 34.0 Å². The second kappa shape index (κ2) is 9.25. The molecule has 3 N–H and O–H groups in total. The van der Waals surface area contributed by atoms with Gasteiger partial charge in [0.2, 0.25) is 17.7 Å². The molecule has 1 aliphatic rings. The third-order valence-corrected chi connectivity index (χ3v) is 7.31. The molecule has 4 rings (SSSR count). The zero-order valence-corrected chi connectivity index (χ0v) is 19.4. The summed E-state index contributed by atoms with van der Waals surface area (Å²) in [6.45, 7) is 3.94. The number of aryl methyl sites for hydroxylation is 1. The lowest BCUT2D eigenvalue weighted by atomic mass is 10.3.